The third kappa shape index (κ3) is 5.41. The average Bonchev–Trinajstić information content (AvgIpc) is 3.35. The number of carbonyl (C=O) groups excluding carboxylic acids is 1. The molecule has 6 heteroatoms. The maximum Gasteiger partial charge on any atom is 0.221 e. The van der Waals surface area contributed by atoms with Crippen LogP contribution in [0.3, 0.4) is 0 Å². The van der Waals surface area contributed by atoms with Crippen LogP contribution in [0.4, 0.5) is 0 Å². The third-order valence-electron chi connectivity index (χ3n) is 5.36. The fourth-order valence-electron chi connectivity index (χ4n) is 3.66. The highest BCUT2D eigenvalue weighted by Gasteiger charge is 2.18. The third-order valence-corrected chi connectivity index (χ3v) is 5.36. The van der Waals surface area contributed by atoms with Crippen molar-refractivity contribution in [3.8, 4) is 22.8 Å². The van der Waals surface area contributed by atoms with Gasteiger partial charge >= 0.3 is 0 Å². The summed E-state index contributed by atoms with van der Waals surface area (Å²) in [6, 6.07) is 25.1. The predicted octanol–water partition coefficient (Wildman–Crippen LogP) is 5.20. The molecular weight excluding hydrogens is 416 g/mol. The Labute approximate surface area is 193 Å². The Morgan fingerprint density at radius 3 is 2.21 bits per heavy atom. The van der Waals surface area contributed by atoms with Crippen molar-refractivity contribution < 1.29 is 18.7 Å². The topological polar surface area (TPSA) is 73.6 Å². The molecule has 0 saturated heterocycles. The number of hydrogen-bond acceptors (Lipinski definition) is 5. The lowest BCUT2D eigenvalue weighted by Gasteiger charge is -2.19. The van der Waals surface area contributed by atoms with Crippen LogP contribution >= 0.6 is 0 Å². The van der Waals surface area contributed by atoms with Gasteiger partial charge in [-0.1, -0.05) is 60.7 Å². The van der Waals surface area contributed by atoms with Crippen LogP contribution in [0.5, 0.6) is 11.5 Å². The SMILES string of the molecule is COc1ccc(-c2cnc(CCC(=O)NC(c3ccccc3)c3ccccc3)o2)c(OC)c1. The molecule has 6 nitrogen and oxygen atoms in total. The molecule has 1 aromatic heterocycles. The minimum absolute atomic E-state index is 0.0746. The van der Waals surface area contributed by atoms with Gasteiger partial charge in [0, 0.05) is 18.9 Å². The summed E-state index contributed by atoms with van der Waals surface area (Å²) in [5.74, 6) is 2.32. The quantitative estimate of drug-likeness (QED) is 0.386. The summed E-state index contributed by atoms with van der Waals surface area (Å²) in [5.41, 5.74) is 2.83. The summed E-state index contributed by atoms with van der Waals surface area (Å²) in [5, 5.41) is 3.15. The molecule has 4 aromatic rings. The first-order valence-corrected chi connectivity index (χ1v) is 10.7. The minimum Gasteiger partial charge on any atom is -0.497 e. The number of rotatable bonds is 9. The van der Waals surface area contributed by atoms with Gasteiger partial charge in [-0.3, -0.25) is 4.79 Å². The summed E-state index contributed by atoms with van der Waals surface area (Å²) in [6.07, 6.45) is 2.30. The van der Waals surface area contributed by atoms with Crippen LogP contribution in [-0.4, -0.2) is 25.1 Å². The van der Waals surface area contributed by atoms with Crippen LogP contribution in [0.1, 0.15) is 29.5 Å². The van der Waals surface area contributed by atoms with Crippen LogP contribution < -0.4 is 14.8 Å². The molecule has 1 heterocycles. The number of benzene rings is 3. The van der Waals surface area contributed by atoms with Crippen molar-refractivity contribution in [3.05, 3.63) is 102 Å². The molecule has 33 heavy (non-hydrogen) atoms. The van der Waals surface area contributed by atoms with Crippen molar-refractivity contribution >= 4 is 5.91 Å². The Morgan fingerprint density at radius 1 is 0.939 bits per heavy atom. The van der Waals surface area contributed by atoms with Gasteiger partial charge in [-0.15, -0.1) is 0 Å². The van der Waals surface area contributed by atoms with E-state index in [9.17, 15) is 4.79 Å². The van der Waals surface area contributed by atoms with E-state index in [-0.39, 0.29) is 18.4 Å². The molecule has 0 saturated carbocycles. The van der Waals surface area contributed by atoms with Crippen molar-refractivity contribution in [2.45, 2.75) is 18.9 Å². The van der Waals surface area contributed by atoms with E-state index in [1.165, 1.54) is 0 Å². The van der Waals surface area contributed by atoms with Gasteiger partial charge in [0.2, 0.25) is 5.91 Å². The maximum absolute atomic E-state index is 12.8. The van der Waals surface area contributed by atoms with Gasteiger partial charge in [0.05, 0.1) is 32.0 Å². The number of amides is 1. The standard InChI is InChI=1S/C27H26N2O4/c1-31-21-13-14-22(23(17-21)32-2)24-18-28-26(33-24)16-15-25(30)29-27(19-9-5-3-6-10-19)20-11-7-4-8-12-20/h3-14,17-18,27H,15-16H2,1-2H3,(H,29,30). The van der Waals surface area contributed by atoms with Crippen LogP contribution in [0.2, 0.25) is 0 Å². The highest BCUT2D eigenvalue weighted by Crippen LogP contribution is 2.33. The van der Waals surface area contributed by atoms with E-state index in [1.54, 1.807) is 26.5 Å². The predicted molar refractivity (Wildman–Crippen MR) is 126 cm³/mol. The number of nitrogens with zero attached hydrogens (tertiary/aromatic N) is 1. The first-order valence-electron chi connectivity index (χ1n) is 10.7. The molecule has 0 bridgehead atoms. The molecule has 4 rings (SSSR count). The van der Waals surface area contributed by atoms with E-state index in [0.717, 1.165) is 16.7 Å². The van der Waals surface area contributed by atoms with E-state index in [0.29, 0.717) is 29.6 Å². The van der Waals surface area contributed by atoms with Gasteiger partial charge in [0.1, 0.15) is 11.5 Å². The first kappa shape index (κ1) is 22.1. The number of nitrogens with one attached hydrogen (secondary N) is 1. The van der Waals surface area contributed by atoms with Crippen molar-refractivity contribution in [3.63, 3.8) is 0 Å². The van der Waals surface area contributed by atoms with Crippen LogP contribution in [0, 0.1) is 0 Å². The lowest BCUT2D eigenvalue weighted by molar-refractivity contribution is -0.121. The Hall–Kier alpha value is -4.06. The number of aryl methyl sites for hydroxylation is 1. The molecule has 0 aliphatic heterocycles. The van der Waals surface area contributed by atoms with Crippen molar-refractivity contribution in [1.29, 1.82) is 0 Å². The fraction of sp³-hybridized carbons (Fsp3) is 0.185. The largest absolute Gasteiger partial charge is 0.497 e. The second kappa shape index (κ2) is 10.5. The summed E-state index contributed by atoms with van der Waals surface area (Å²) in [7, 11) is 3.20. The second-order valence-corrected chi connectivity index (χ2v) is 7.51. The monoisotopic (exact) mass is 442 g/mol. The molecule has 0 aliphatic carbocycles. The van der Waals surface area contributed by atoms with Gasteiger partial charge in [-0.2, -0.15) is 0 Å². The van der Waals surface area contributed by atoms with Crippen molar-refractivity contribution in [2.24, 2.45) is 0 Å². The molecule has 0 spiro atoms. The number of carbonyl (C=O) groups is 1. The molecule has 168 valence electrons. The molecule has 0 fully saturated rings. The molecule has 0 unspecified atom stereocenters. The van der Waals surface area contributed by atoms with Gasteiger partial charge in [0.25, 0.3) is 0 Å². The number of aromatic nitrogens is 1. The Morgan fingerprint density at radius 2 is 1.61 bits per heavy atom. The average molecular weight is 443 g/mol. The van der Waals surface area contributed by atoms with E-state index in [2.05, 4.69) is 10.3 Å². The Bertz CT molecular complexity index is 1150. The van der Waals surface area contributed by atoms with Gasteiger partial charge in [-0.25, -0.2) is 4.98 Å². The van der Waals surface area contributed by atoms with Crippen LogP contribution in [-0.2, 0) is 11.2 Å². The zero-order valence-electron chi connectivity index (χ0n) is 18.7. The first-order chi connectivity index (χ1) is 16.2. The lowest BCUT2D eigenvalue weighted by atomic mass is 9.98. The van der Waals surface area contributed by atoms with E-state index >= 15 is 0 Å². The van der Waals surface area contributed by atoms with Crippen LogP contribution in [0.25, 0.3) is 11.3 Å². The summed E-state index contributed by atoms with van der Waals surface area (Å²) < 4.78 is 16.6. The second-order valence-electron chi connectivity index (χ2n) is 7.51. The zero-order chi connectivity index (χ0) is 23.0. The molecular formula is C27H26N2O4. The Kier molecular flexibility index (Phi) is 7.05. The van der Waals surface area contributed by atoms with Crippen molar-refractivity contribution in [1.82, 2.24) is 10.3 Å². The molecule has 0 aliphatic rings. The van der Waals surface area contributed by atoms with E-state index < -0.39 is 0 Å². The summed E-state index contributed by atoms with van der Waals surface area (Å²) in [6.45, 7) is 0. The number of methoxy groups -OCH3 is 2. The highest BCUT2D eigenvalue weighted by atomic mass is 16.5. The number of oxazole rings is 1. The molecule has 3 aromatic carbocycles. The van der Waals surface area contributed by atoms with Gasteiger partial charge in [-0.05, 0) is 23.3 Å². The molecule has 0 atom stereocenters. The van der Waals surface area contributed by atoms with Gasteiger partial charge in [0.15, 0.2) is 11.7 Å². The Balaban J connectivity index is 1.43. The summed E-state index contributed by atoms with van der Waals surface area (Å²) >= 11 is 0. The van der Waals surface area contributed by atoms with Crippen molar-refractivity contribution in [2.75, 3.05) is 14.2 Å². The number of ether oxygens (including phenoxy) is 2. The smallest absolute Gasteiger partial charge is 0.221 e. The molecule has 1 amide bonds. The zero-order valence-corrected chi connectivity index (χ0v) is 18.7. The normalized spacial score (nSPS) is 10.8. The summed E-state index contributed by atoms with van der Waals surface area (Å²) in [4.78, 5) is 17.2. The van der Waals surface area contributed by atoms with Gasteiger partial charge < -0.3 is 19.2 Å². The fourth-order valence-corrected chi connectivity index (χ4v) is 3.66. The van der Waals surface area contributed by atoms with Crippen LogP contribution in [0.15, 0.2) is 89.5 Å². The number of hydrogen-bond donors (Lipinski definition) is 1. The molecule has 0 radical (unpaired) electrons. The lowest BCUT2D eigenvalue weighted by Crippen LogP contribution is -2.29. The minimum atomic E-state index is -0.219. The van der Waals surface area contributed by atoms with E-state index in [4.69, 9.17) is 13.9 Å². The maximum atomic E-state index is 12.8. The molecule has 1 N–H and O–H groups in total. The van der Waals surface area contributed by atoms with E-state index in [1.807, 2.05) is 72.8 Å². The highest BCUT2D eigenvalue weighted by molar-refractivity contribution is 5.77.